The molecule has 1 atom stereocenters. The molecule has 2 heterocycles. The van der Waals surface area contributed by atoms with Crippen molar-refractivity contribution in [1.29, 1.82) is 0 Å². The van der Waals surface area contributed by atoms with E-state index in [4.69, 9.17) is 5.73 Å². The minimum atomic E-state index is -0.348. The lowest BCUT2D eigenvalue weighted by atomic mass is 9.97. The number of benzene rings is 1. The van der Waals surface area contributed by atoms with Crippen LogP contribution in [0.4, 0.5) is 5.69 Å². The second-order valence-corrected chi connectivity index (χ2v) is 5.15. The van der Waals surface area contributed by atoms with Crippen molar-refractivity contribution in [2.45, 2.75) is 31.8 Å². The zero-order valence-corrected chi connectivity index (χ0v) is 10.7. The zero-order valence-electron chi connectivity index (χ0n) is 10.7. The molecule has 1 aromatic carbocycles. The topological polar surface area (TPSA) is 75.4 Å². The standard InChI is InChI=1S/C14H17N3O2/c15-11-3-1-2-9-6-7-17(8-10(9)11)14(19)12-4-5-13(18)16-12/h1-3,12H,4-8,15H2,(H,16,18). The van der Waals surface area contributed by atoms with Crippen LogP contribution in [0.2, 0.25) is 0 Å². The van der Waals surface area contributed by atoms with Crippen molar-refractivity contribution in [3.63, 3.8) is 0 Å². The minimum Gasteiger partial charge on any atom is -0.398 e. The third kappa shape index (κ3) is 2.16. The lowest BCUT2D eigenvalue weighted by Gasteiger charge is -2.31. The lowest BCUT2D eigenvalue weighted by Crippen LogP contribution is -2.46. The van der Waals surface area contributed by atoms with Gasteiger partial charge in [0.05, 0.1) is 0 Å². The van der Waals surface area contributed by atoms with Crippen molar-refractivity contribution >= 4 is 17.5 Å². The normalized spacial score (nSPS) is 22.0. The Morgan fingerprint density at radius 1 is 1.37 bits per heavy atom. The summed E-state index contributed by atoms with van der Waals surface area (Å²) in [5, 5.41) is 2.73. The molecular formula is C14H17N3O2. The predicted octanol–water partition coefficient (Wildman–Crippen LogP) is 0.432. The fraction of sp³-hybridized carbons (Fsp3) is 0.429. The number of anilines is 1. The molecule has 1 fully saturated rings. The maximum atomic E-state index is 12.3. The largest absolute Gasteiger partial charge is 0.398 e. The summed E-state index contributed by atoms with van der Waals surface area (Å²) < 4.78 is 0. The number of hydrogen-bond acceptors (Lipinski definition) is 3. The van der Waals surface area contributed by atoms with Crippen molar-refractivity contribution in [3.8, 4) is 0 Å². The summed E-state index contributed by atoms with van der Waals surface area (Å²) in [6.07, 6.45) is 1.88. The monoisotopic (exact) mass is 259 g/mol. The predicted molar refractivity (Wildman–Crippen MR) is 71.1 cm³/mol. The van der Waals surface area contributed by atoms with Crippen molar-refractivity contribution in [3.05, 3.63) is 29.3 Å². The summed E-state index contributed by atoms with van der Waals surface area (Å²) in [6.45, 7) is 1.24. The quantitative estimate of drug-likeness (QED) is 0.718. The highest BCUT2D eigenvalue weighted by Gasteiger charge is 2.32. The molecule has 0 spiro atoms. The van der Waals surface area contributed by atoms with E-state index in [9.17, 15) is 9.59 Å². The van der Waals surface area contributed by atoms with Gasteiger partial charge in [-0.1, -0.05) is 12.1 Å². The van der Waals surface area contributed by atoms with Crippen LogP contribution in [0.1, 0.15) is 24.0 Å². The lowest BCUT2D eigenvalue weighted by molar-refractivity contribution is -0.135. The maximum Gasteiger partial charge on any atom is 0.245 e. The number of amides is 2. The first-order chi connectivity index (χ1) is 9.15. The van der Waals surface area contributed by atoms with Crippen molar-refractivity contribution in [2.24, 2.45) is 0 Å². The Morgan fingerprint density at radius 2 is 2.21 bits per heavy atom. The van der Waals surface area contributed by atoms with Crippen LogP contribution in [0, 0.1) is 0 Å². The Hall–Kier alpha value is -2.04. The van der Waals surface area contributed by atoms with Crippen LogP contribution in [-0.2, 0) is 22.6 Å². The summed E-state index contributed by atoms with van der Waals surface area (Å²) in [4.78, 5) is 25.3. The Morgan fingerprint density at radius 3 is 2.95 bits per heavy atom. The van der Waals surface area contributed by atoms with Gasteiger partial charge in [-0.05, 0) is 30.0 Å². The summed E-state index contributed by atoms with van der Waals surface area (Å²) in [6, 6.07) is 5.52. The molecule has 0 saturated carbocycles. The highest BCUT2D eigenvalue weighted by atomic mass is 16.2. The van der Waals surface area contributed by atoms with Gasteiger partial charge in [0, 0.05) is 25.2 Å². The number of carbonyl (C=O) groups excluding carboxylic acids is 2. The summed E-state index contributed by atoms with van der Waals surface area (Å²) in [5.41, 5.74) is 8.98. The summed E-state index contributed by atoms with van der Waals surface area (Å²) >= 11 is 0. The number of carbonyl (C=O) groups is 2. The average molecular weight is 259 g/mol. The Bertz CT molecular complexity index is 541. The van der Waals surface area contributed by atoms with E-state index in [1.165, 1.54) is 5.56 Å². The van der Waals surface area contributed by atoms with Gasteiger partial charge in [-0.3, -0.25) is 9.59 Å². The van der Waals surface area contributed by atoms with Crippen LogP contribution in [0.3, 0.4) is 0 Å². The van der Waals surface area contributed by atoms with Crippen LogP contribution in [0.25, 0.3) is 0 Å². The van der Waals surface area contributed by atoms with Gasteiger partial charge in [0.25, 0.3) is 0 Å². The van der Waals surface area contributed by atoms with Gasteiger partial charge in [0.15, 0.2) is 0 Å². The molecule has 0 aliphatic carbocycles. The van der Waals surface area contributed by atoms with Crippen LogP contribution < -0.4 is 11.1 Å². The number of nitrogen functional groups attached to an aromatic ring is 1. The number of fused-ring (bicyclic) bond motifs is 1. The molecule has 5 nitrogen and oxygen atoms in total. The van der Waals surface area contributed by atoms with E-state index in [2.05, 4.69) is 11.4 Å². The van der Waals surface area contributed by atoms with E-state index >= 15 is 0 Å². The number of hydrogen-bond donors (Lipinski definition) is 2. The van der Waals surface area contributed by atoms with Gasteiger partial charge in [0.1, 0.15) is 6.04 Å². The Labute approximate surface area is 111 Å². The molecule has 2 aliphatic heterocycles. The molecule has 1 unspecified atom stereocenters. The first-order valence-electron chi connectivity index (χ1n) is 6.59. The molecule has 1 aromatic rings. The van der Waals surface area contributed by atoms with Crippen molar-refractivity contribution < 1.29 is 9.59 Å². The second-order valence-electron chi connectivity index (χ2n) is 5.15. The smallest absolute Gasteiger partial charge is 0.245 e. The molecule has 0 radical (unpaired) electrons. The molecule has 19 heavy (non-hydrogen) atoms. The van der Waals surface area contributed by atoms with Crippen LogP contribution in [-0.4, -0.2) is 29.3 Å². The number of nitrogens with two attached hydrogens (primary N) is 1. The van der Waals surface area contributed by atoms with Gasteiger partial charge >= 0.3 is 0 Å². The highest BCUT2D eigenvalue weighted by Crippen LogP contribution is 2.25. The maximum absolute atomic E-state index is 12.3. The Kier molecular flexibility index (Phi) is 2.89. The van der Waals surface area contributed by atoms with E-state index in [0.29, 0.717) is 25.9 Å². The fourth-order valence-electron chi connectivity index (χ4n) is 2.81. The number of nitrogens with one attached hydrogen (secondary N) is 1. The number of nitrogens with zero attached hydrogens (tertiary/aromatic N) is 1. The summed E-state index contributed by atoms with van der Waals surface area (Å²) in [5.74, 6) is -0.0185. The van der Waals surface area contributed by atoms with Gasteiger partial charge in [-0.2, -0.15) is 0 Å². The third-order valence-electron chi connectivity index (χ3n) is 3.91. The highest BCUT2D eigenvalue weighted by molar-refractivity contribution is 5.91. The van der Waals surface area contributed by atoms with Gasteiger partial charge in [-0.15, -0.1) is 0 Å². The molecule has 5 heteroatoms. The number of rotatable bonds is 1. The van der Waals surface area contributed by atoms with Gasteiger partial charge in [0.2, 0.25) is 11.8 Å². The van der Waals surface area contributed by atoms with Gasteiger partial charge < -0.3 is 16.0 Å². The van der Waals surface area contributed by atoms with Crippen molar-refractivity contribution in [2.75, 3.05) is 12.3 Å². The molecule has 3 N–H and O–H groups in total. The average Bonchev–Trinajstić information content (AvgIpc) is 2.85. The molecule has 3 rings (SSSR count). The second kappa shape index (κ2) is 4.57. The minimum absolute atomic E-state index is 0.0137. The Balaban J connectivity index is 1.76. The fourth-order valence-corrected chi connectivity index (χ4v) is 2.81. The molecule has 0 aromatic heterocycles. The van der Waals surface area contributed by atoms with Crippen molar-refractivity contribution in [1.82, 2.24) is 10.2 Å². The summed E-state index contributed by atoms with van der Waals surface area (Å²) in [7, 11) is 0. The SMILES string of the molecule is Nc1cccc2c1CN(C(=O)C1CCC(=O)N1)CC2. The molecule has 0 bridgehead atoms. The molecule has 1 saturated heterocycles. The van der Waals surface area contributed by atoms with E-state index < -0.39 is 0 Å². The van der Waals surface area contributed by atoms with E-state index in [0.717, 1.165) is 17.7 Å². The molecule has 2 aliphatic rings. The van der Waals surface area contributed by atoms with E-state index in [1.54, 1.807) is 4.90 Å². The zero-order chi connectivity index (χ0) is 13.4. The van der Waals surface area contributed by atoms with Crippen LogP contribution >= 0.6 is 0 Å². The molecular weight excluding hydrogens is 242 g/mol. The third-order valence-corrected chi connectivity index (χ3v) is 3.91. The first kappa shape index (κ1) is 12.0. The van der Waals surface area contributed by atoms with Gasteiger partial charge in [-0.25, -0.2) is 0 Å². The van der Waals surface area contributed by atoms with Crippen LogP contribution in [0.5, 0.6) is 0 Å². The van der Waals surface area contributed by atoms with Crippen LogP contribution in [0.15, 0.2) is 18.2 Å². The van der Waals surface area contributed by atoms with E-state index in [-0.39, 0.29) is 17.9 Å². The van der Waals surface area contributed by atoms with E-state index in [1.807, 2.05) is 12.1 Å². The molecule has 2 amide bonds. The first-order valence-corrected chi connectivity index (χ1v) is 6.59. The molecule has 100 valence electrons.